The van der Waals surface area contributed by atoms with Crippen LogP contribution < -0.4 is 23.5 Å². The van der Waals surface area contributed by atoms with Crippen LogP contribution in [0.5, 0.6) is 0 Å². The van der Waals surface area contributed by atoms with E-state index in [1.165, 1.54) is 12.1 Å². The van der Waals surface area contributed by atoms with Gasteiger partial charge in [-0.1, -0.05) is 0 Å². The standard InChI is InChI=1S/C21H22FN5O2.ClH/c1-10-18(27-20(2)5-6-20)26-16-13(24-10)4-3-12(22)15(16)14-9-11(19(28)29)17(25-14)21(23)7-8-21;/h3-4,9,25H,5-8,23H2,1-2H3,(H,26,27)(H,28,29);1H. The summed E-state index contributed by atoms with van der Waals surface area (Å²) in [6.07, 6.45) is 3.71. The zero-order valence-corrected chi connectivity index (χ0v) is 17.5. The SMILES string of the molecule is Cc1nc2ccc(F)c(-c3cc(C(=O)O)c(C4([NH3+])CC4)[nH]3)c2nc1NC1(C)CC1.[Cl-]. The number of carboxylic acid groups (broad SMARTS) is 1. The Kier molecular flexibility index (Phi) is 4.56. The van der Waals surface area contributed by atoms with E-state index in [0.717, 1.165) is 31.4 Å². The zero-order chi connectivity index (χ0) is 20.6. The third-order valence-corrected chi connectivity index (χ3v) is 6.08. The fourth-order valence-electron chi connectivity index (χ4n) is 3.74. The third-order valence-electron chi connectivity index (χ3n) is 6.08. The number of hydrogen-bond donors (Lipinski definition) is 4. The number of nitrogens with one attached hydrogen (secondary N) is 2. The molecule has 1 aromatic carbocycles. The molecule has 2 aliphatic carbocycles. The van der Waals surface area contributed by atoms with Gasteiger partial charge in [-0.3, -0.25) is 0 Å². The highest BCUT2D eigenvalue weighted by molar-refractivity contribution is 5.96. The number of aryl methyl sites for hydroxylation is 1. The van der Waals surface area contributed by atoms with Crippen molar-refractivity contribution < 1.29 is 32.4 Å². The molecule has 30 heavy (non-hydrogen) atoms. The number of aromatic carboxylic acids is 1. The van der Waals surface area contributed by atoms with E-state index in [4.69, 9.17) is 4.98 Å². The number of aromatic nitrogens is 3. The molecule has 2 aliphatic rings. The Hall–Kier alpha value is -2.71. The van der Waals surface area contributed by atoms with Gasteiger partial charge in [0.2, 0.25) is 0 Å². The number of hydrogen-bond acceptors (Lipinski definition) is 4. The van der Waals surface area contributed by atoms with Crippen molar-refractivity contribution in [1.29, 1.82) is 0 Å². The second-order valence-electron chi connectivity index (χ2n) is 8.69. The third kappa shape index (κ3) is 3.30. The molecule has 0 spiro atoms. The van der Waals surface area contributed by atoms with E-state index < -0.39 is 17.3 Å². The highest BCUT2D eigenvalue weighted by Crippen LogP contribution is 2.44. The van der Waals surface area contributed by atoms with Crippen LogP contribution in [-0.2, 0) is 5.54 Å². The van der Waals surface area contributed by atoms with Gasteiger partial charge >= 0.3 is 5.97 Å². The Morgan fingerprint density at radius 3 is 2.57 bits per heavy atom. The molecule has 0 amide bonds. The molecular weight excluding hydrogens is 409 g/mol. The van der Waals surface area contributed by atoms with Crippen LogP contribution in [-0.4, -0.2) is 31.6 Å². The lowest BCUT2D eigenvalue weighted by atomic mass is 10.1. The molecule has 6 N–H and O–H groups in total. The Labute approximate surface area is 178 Å². The number of halogens is 2. The minimum absolute atomic E-state index is 0. The van der Waals surface area contributed by atoms with Crippen molar-refractivity contribution in [2.24, 2.45) is 0 Å². The number of fused-ring (bicyclic) bond motifs is 1. The van der Waals surface area contributed by atoms with E-state index in [9.17, 15) is 14.3 Å². The Bertz CT molecular complexity index is 1180. The highest BCUT2D eigenvalue weighted by Gasteiger charge is 2.49. The molecule has 5 rings (SSSR count). The van der Waals surface area contributed by atoms with Crippen molar-refractivity contribution in [2.75, 3.05) is 5.32 Å². The van der Waals surface area contributed by atoms with Gasteiger partial charge in [0.1, 0.15) is 22.7 Å². The van der Waals surface area contributed by atoms with Crippen LogP contribution in [0.4, 0.5) is 10.2 Å². The Balaban J connectivity index is 0.00000218. The maximum Gasteiger partial charge on any atom is 0.337 e. The average molecular weight is 432 g/mol. The van der Waals surface area contributed by atoms with Crippen molar-refractivity contribution in [3.8, 4) is 11.3 Å². The quantitative estimate of drug-likeness (QED) is 0.452. The molecule has 2 saturated carbocycles. The van der Waals surface area contributed by atoms with Gasteiger partial charge < -0.3 is 33.5 Å². The van der Waals surface area contributed by atoms with E-state index >= 15 is 0 Å². The fraction of sp³-hybridized carbons (Fsp3) is 0.381. The van der Waals surface area contributed by atoms with E-state index in [-0.39, 0.29) is 29.1 Å². The molecular formula is C21H23ClFN5O2. The van der Waals surface area contributed by atoms with Crippen LogP contribution in [0, 0.1) is 12.7 Å². The summed E-state index contributed by atoms with van der Waals surface area (Å²) >= 11 is 0. The lowest BCUT2D eigenvalue weighted by Gasteiger charge is -2.15. The van der Waals surface area contributed by atoms with Gasteiger partial charge in [0, 0.05) is 18.4 Å². The molecule has 0 radical (unpaired) electrons. The van der Waals surface area contributed by atoms with Gasteiger partial charge in [0.25, 0.3) is 0 Å². The highest BCUT2D eigenvalue weighted by atomic mass is 35.5. The number of quaternary nitrogens is 1. The molecule has 3 aromatic rings. The van der Waals surface area contributed by atoms with Crippen LogP contribution >= 0.6 is 0 Å². The minimum Gasteiger partial charge on any atom is -1.00 e. The average Bonchev–Trinajstić information content (AvgIpc) is 3.53. The first-order chi connectivity index (χ1) is 13.7. The number of aromatic amines is 1. The minimum atomic E-state index is -1.05. The summed E-state index contributed by atoms with van der Waals surface area (Å²) in [5.74, 6) is -0.896. The number of H-pyrrole nitrogens is 1. The predicted octanol–water partition coefficient (Wildman–Crippen LogP) is -0.0300. The molecule has 2 aromatic heterocycles. The van der Waals surface area contributed by atoms with Gasteiger partial charge in [-0.05, 0) is 44.9 Å². The molecule has 0 unspecified atom stereocenters. The van der Waals surface area contributed by atoms with Gasteiger partial charge in [-0.15, -0.1) is 0 Å². The number of carbonyl (C=O) groups is 1. The van der Waals surface area contributed by atoms with Crippen LogP contribution in [0.2, 0.25) is 0 Å². The molecule has 7 nitrogen and oxygen atoms in total. The maximum absolute atomic E-state index is 15.0. The lowest BCUT2D eigenvalue weighted by molar-refractivity contribution is -0.447. The van der Waals surface area contributed by atoms with Crippen LogP contribution in [0.25, 0.3) is 22.3 Å². The Morgan fingerprint density at radius 1 is 1.27 bits per heavy atom. The fourth-order valence-corrected chi connectivity index (χ4v) is 3.74. The summed E-state index contributed by atoms with van der Waals surface area (Å²) in [6, 6.07) is 4.43. The summed E-state index contributed by atoms with van der Waals surface area (Å²) in [7, 11) is 0. The molecule has 0 bridgehead atoms. The largest absolute Gasteiger partial charge is 1.00 e. The monoisotopic (exact) mass is 431 g/mol. The number of carboxylic acids is 1. The van der Waals surface area contributed by atoms with Crippen LogP contribution in [0.15, 0.2) is 18.2 Å². The smallest absolute Gasteiger partial charge is 0.337 e. The molecule has 2 heterocycles. The van der Waals surface area contributed by atoms with Gasteiger partial charge in [0.05, 0.1) is 33.7 Å². The molecule has 158 valence electrons. The predicted molar refractivity (Wildman–Crippen MR) is 106 cm³/mol. The van der Waals surface area contributed by atoms with Gasteiger partial charge in [-0.25, -0.2) is 19.2 Å². The normalized spacial score (nSPS) is 18.0. The summed E-state index contributed by atoms with van der Waals surface area (Å²) in [4.78, 5) is 24.2. The lowest BCUT2D eigenvalue weighted by Crippen LogP contribution is -3.00. The van der Waals surface area contributed by atoms with E-state index in [0.29, 0.717) is 28.2 Å². The van der Waals surface area contributed by atoms with Crippen molar-refractivity contribution in [3.05, 3.63) is 41.0 Å². The van der Waals surface area contributed by atoms with E-state index in [1.807, 2.05) is 6.92 Å². The van der Waals surface area contributed by atoms with Crippen molar-refractivity contribution in [3.63, 3.8) is 0 Å². The van der Waals surface area contributed by atoms with Crippen LogP contribution in [0.3, 0.4) is 0 Å². The first kappa shape index (κ1) is 20.6. The van der Waals surface area contributed by atoms with Crippen molar-refractivity contribution in [2.45, 2.75) is 50.6 Å². The second kappa shape index (κ2) is 6.65. The topological polar surface area (TPSA) is 119 Å². The summed E-state index contributed by atoms with van der Waals surface area (Å²) in [6.45, 7) is 3.99. The summed E-state index contributed by atoms with van der Waals surface area (Å²) in [5, 5.41) is 13.0. The van der Waals surface area contributed by atoms with Gasteiger partial charge in [-0.2, -0.15) is 0 Å². The molecule has 0 atom stereocenters. The first-order valence-electron chi connectivity index (χ1n) is 9.77. The number of anilines is 1. The number of benzene rings is 1. The first-order valence-corrected chi connectivity index (χ1v) is 9.77. The van der Waals surface area contributed by atoms with Crippen molar-refractivity contribution in [1.82, 2.24) is 15.0 Å². The maximum atomic E-state index is 15.0. The van der Waals surface area contributed by atoms with Crippen LogP contribution in [0.1, 0.15) is 54.4 Å². The summed E-state index contributed by atoms with van der Waals surface area (Å²) in [5.41, 5.74) is 6.70. The van der Waals surface area contributed by atoms with E-state index in [2.05, 4.69) is 27.9 Å². The number of rotatable bonds is 5. The molecule has 0 aliphatic heterocycles. The van der Waals surface area contributed by atoms with E-state index in [1.54, 1.807) is 6.07 Å². The molecule has 0 saturated heterocycles. The van der Waals surface area contributed by atoms with Crippen molar-refractivity contribution >= 4 is 22.8 Å². The Morgan fingerprint density at radius 2 is 1.97 bits per heavy atom. The summed E-state index contributed by atoms with van der Waals surface area (Å²) < 4.78 is 15.0. The number of nitrogens with zero attached hydrogens (tertiary/aromatic N) is 2. The van der Waals surface area contributed by atoms with Gasteiger partial charge in [0.15, 0.2) is 0 Å². The second-order valence-corrected chi connectivity index (χ2v) is 8.69. The zero-order valence-electron chi connectivity index (χ0n) is 16.8. The molecule has 9 heteroatoms. The molecule has 2 fully saturated rings.